The van der Waals surface area contributed by atoms with Gasteiger partial charge < -0.3 is 5.32 Å². The number of halogens is 1. The number of hydrogen-bond acceptors (Lipinski definition) is 1. The quantitative estimate of drug-likeness (QED) is 0.819. The average Bonchev–Trinajstić information content (AvgIpc) is 2.23. The lowest BCUT2D eigenvalue weighted by molar-refractivity contribution is 0.425. The third kappa shape index (κ3) is 4.47. The van der Waals surface area contributed by atoms with Gasteiger partial charge in [0.1, 0.15) is 5.82 Å². The molecule has 1 rings (SSSR count). The Hall–Kier alpha value is -0.890. The molecule has 1 N–H and O–H groups in total. The summed E-state index contributed by atoms with van der Waals surface area (Å²) in [6.07, 6.45) is 0. The van der Waals surface area contributed by atoms with E-state index in [2.05, 4.69) is 39.1 Å². The number of hydrogen-bond donors (Lipinski definition) is 1. The van der Waals surface area contributed by atoms with Crippen LogP contribution in [-0.2, 0) is 0 Å². The fourth-order valence-electron chi connectivity index (χ4n) is 1.95. The van der Waals surface area contributed by atoms with Crippen LogP contribution in [-0.4, -0.2) is 12.6 Å². The number of aryl methyl sites for hydroxylation is 1. The van der Waals surface area contributed by atoms with E-state index in [4.69, 9.17) is 0 Å². The summed E-state index contributed by atoms with van der Waals surface area (Å²) >= 11 is 0. The largest absolute Gasteiger partial charge is 0.314 e. The van der Waals surface area contributed by atoms with Crippen LogP contribution in [0.4, 0.5) is 4.39 Å². The smallest absolute Gasteiger partial charge is 0.123 e. The summed E-state index contributed by atoms with van der Waals surface area (Å²) in [7, 11) is 0. The van der Waals surface area contributed by atoms with Gasteiger partial charge in [-0.2, -0.15) is 0 Å². The number of rotatable bonds is 5. The standard InChI is InChI=1S/C15H24FN/c1-10(2)17-9-12(4)13(5)14-6-11(3)7-15(16)8-14/h6-8,10,12-13,17H,9H2,1-5H3. The van der Waals surface area contributed by atoms with Crippen molar-refractivity contribution < 1.29 is 4.39 Å². The average molecular weight is 237 g/mol. The fraction of sp³-hybridized carbons (Fsp3) is 0.600. The van der Waals surface area contributed by atoms with Crippen LogP contribution in [0.25, 0.3) is 0 Å². The van der Waals surface area contributed by atoms with Gasteiger partial charge >= 0.3 is 0 Å². The lowest BCUT2D eigenvalue weighted by atomic mass is 9.88. The maximum Gasteiger partial charge on any atom is 0.123 e. The van der Waals surface area contributed by atoms with Gasteiger partial charge in [0.2, 0.25) is 0 Å². The monoisotopic (exact) mass is 237 g/mol. The molecule has 0 bridgehead atoms. The zero-order valence-corrected chi connectivity index (χ0v) is 11.5. The zero-order valence-electron chi connectivity index (χ0n) is 11.5. The Labute approximate surface area is 104 Å². The molecule has 0 spiro atoms. The predicted octanol–water partition coefficient (Wildman–Crippen LogP) is 3.87. The molecule has 0 aliphatic rings. The van der Waals surface area contributed by atoms with Crippen molar-refractivity contribution in [1.29, 1.82) is 0 Å². The molecule has 0 amide bonds. The normalized spacial score (nSPS) is 15.0. The molecule has 0 saturated heterocycles. The third-order valence-corrected chi connectivity index (χ3v) is 3.29. The first kappa shape index (κ1) is 14.2. The van der Waals surface area contributed by atoms with Crippen LogP contribution < -0.4 is 5.32 Å². The Morgan fingerprint density at radius 3 is 2.29 bits per heavy atom. The summed E-state index contributed by atoms with van der Waals surface area (Å²) in [4.78, 5) is 0. The van der Waals surface area contributed by atoms with E-state index < -0.39 is 0 Å². The maximum atomic E-state index is 13.4. The van der Waals surface area contributed by atoms with E-state index in [9.17, 15) is 4.39 Å². The minimum atomic E-state index is -0.129. The van der Waals surface area contributed by atoms with Gasteiger partial charge in [-0.05, 0) is 48.6 Å². The molecule has 2 unspecified atom stereocenters. The van der Waals surface area contributed by atoms with Crippen LogP contribution >= 0.6 is 0 Å². The lowest BCUT2D eigenvalue weighted by Gasteiger charge is -2.22. The molecule has 1 aromatic rings. The molecule has 0 aromatic heterocycles. The Morgan fingerprint density at radius 1 is 1.12 bits per heavy atom. The van der Waals surface area contributed by atoms with Crippen LogP contribution in [0.3, 0.4) is 0 Å². The Bertz CT molecular complexity index is 340. The SMILES string of the molecule is Cc1cc(F)cc(C(C)C(C)CNC(C)C)c1. The van der Waals surface area contributed by atoms with Crippen molar-refractivity contribution in [3.05, 3.63) is 35.1 Å². The molecule has 0 aliphatic carbocycles. The second-order valence-electron chi connectivity index (χ2n) is 5.39. The minimum Gasteiger partial charge on any atom is -0.314 e. The van der Waals surface area contributed by atoms with Crippen LogP contribution in [0, 0.1) is 18.7 Å². The maximum absolute atomic E-state index is 13.4. The van der Waals surface area contributed by atoms with Gasteiger partial charge in [0.15, 0.2) is 0 Å². The van der Waals surface area contributed by atoms with Crippen molar-refractivity contribution in [2.24, 2.45) is 5.92 Å². The zero-order chi connectivity index (χ0) is 13.0. The van der Waals surface area contributed by atoms with Gasteiger partial charge in [0.25, 0.3) is 0 Å². The highest BCUT2D eigenvalue weighted by Crippen LogP contribution is 2.25. The van der Waals surface area contributed by atoms with Gasteiger partial charge in [-0.25, -0.2) is 4.39 Å². The Kier molecular flexibility index (Phi) is 5.13. The first-order valence-corrected chi connectivity index (χ1v) is 6.40. The van der Waals surface area contributed by atoms with Gasteiger partial charge in [-0.15, -0.1) is 0 Å². The van der Waals surface area contributed by atoms with E-state index in [-0.39, 0.29) is 5.82 Å². The van der Waals surface area contributed by atoms with Crippen LogP contribution in [0.5, 0.6) is 0 Å². The number of benzene rings is 1. The van der Waals surface area contributed by atoms with Crippen molar-refractivity contribution in [1.82, 2.24) is 5.32 Å². The van der Waals surface area contributed by atoms with Gasteiger partial charge in [0, 0.05) is 6.04 Å². The Morgan fingerprint density at radius 2 is 1.76 bits per heavy atom. The molecule has 96 valence electrons. The molecule has 2 atom stereocenters. The molecule has 0 aliphatic heterocycles. The first-order valence-electron chi connectivity index (χ1n) is 6.40. The molecule has 1 aromatic carbocycles. The van der Waals surface area contributed by atoms with Crippen LogP contribution in [0.15, 0.2) is 18.2 Å². The van der Waals surface area contributed by atoms with Crippen LogP contribution in [0.1, 0.15) is 44.7 Å². The van der Waals surface area contributed by atoms with Crippen molar-refractivity contribution in [3.8, 4) is 0 Å². The highest BCUT2D eigenvalue weighted by Gasteiger charge is 2.15. The van der Waals surface area contributed by atoms with E-state index >= 15 is 0 Å². The minimum absolute atomic E-state index is 0.129. The summed E-state index contributed by atoms with van der Waals surface area (Å²) in [5, 5.41) is 3.43. The molecule has 0 fully saturated rings. The topological polar surface area (TPSA) is 12.0 Å². The van der Waals surface area contributed by atoms with E-state index in [1.807, 2.05) is 6.92 Å². The highest BCUT2D eigenvalue weighted by atomic mass is 19.1. The highest BCUT2D eigenvalue weighted by molar-refractivity contribution is 5.26. The van der Waals surface area contributed by atoms with E-state index in [0.717, 1.165) is 17.7 Å². The molecule has 1 nitrogen and oxygen atoms in total. The Balaban J connectivity index is 2.70. The lowest BCUT2D eigenvalue weighted by Crippen LogP contribution is -2.29. The van der Waals surface area contributed by atoms with Crippen molar-refractivity contribution in [2.75, 3.05) is 6.54 Å². The van der Waals surface area contributed by atoms with Gasteiger partial charge in [-0.3, -0.25) is 0 Å². The first-order chi connectivity index (χ1) is 7.90. The van der Waals surface area contributed by atoms with E-state index in [0.29, 0.717) is 17.9 Å². The molecule has 0 radical (unpaired) electrons. The van der Waals surface area contributed by atoms with Gasteiger partial charge in [-0.1, -0.05) is 33.8 Å². The van der Waals surface area contributed by atoms with Crippen molar-refractivity contribution in [2.45, 2.75) is 46.6 Å². The van der Waals surface area contributed by atoms with Crippen molar-refractivity contribution >= 4 is 0 Å². The summed E-state index contributed by atoms with van der Waals surface area (Å²) in [5.41, 5.74) is 2.09. The predicted molar refractivity (Wildman–Crippen MR) is 71.9 cm³/mol. The van der Waals surface area contributed by atoms with Crippen LogP contribution in [0.2, 0.25) is 0 Å². The summed E-state index contributed by atoms with van der Waals surface area (Å²) in [5.74, 6) is 0.741. The summed E-state index contributed by atoms with van der Waals surface area (Å²) < 4.78 is 13.4. The summed E-state index contributed by atoms with van der Waals surface area (Å²) in [6, 6.07) is 5.81. The molecule has 2 heteroatoms. The molecular formula is C15H24FN. The molecule has 0 saturated carbocycles. The van der Waals surface area contributed by atoms with Gasteiger partial charge in [0.05, 0.1) is 0 Å². The number of nitrogens with one attached hydrogen (secondary N) is 1. The fourth-order valence-corrected chi connectivity index (χ4v) is 1.95. The van der Waals surface area contributed by atoms with E-state index in [1.54, 1.807) is 12.1 Å². The molecule has 0 heterocycles. The molecular weight excluding hydrogens is 213 g/mol. The molecule has 17 heavy (non-hydrogen) atoms. The van der Waals surface area contributed by atoms with E-state index in [1.165, 1.54) is 0 Å². The van der Waals surface area contributed by atoms with Crippen molar-refractivity contribution in [3.63, 3.8) is 0 Å². The second-order valence-corrected chi connectivity index (χ2v) is 5.39. The summed E-state index contributed by atoms with van der Waals surface area (Å²) in [6.45, 7) is 11.6. The third-order valence-electron chi connectivity index (χ3n) is 3.29. The second kappa shape index (κ2) is 6.15.